The lowest BCUT2D eigenvalue weighted by atomic mass is 9.85. The number of aryl methyl sites for hydroxylation is 2. The van der Waals surface area contributed by atoms with Crippen molar-refractivity contribution in [3.8, 4) is 5.88 Å². The lowest BCUT2D eigenvalue weighted by molar-refractivity contribution is -0.134. The summed E-state index contributed by atoms with van der Waals surface area (Å²) in [6, 6.07) is 1.96. The van der Waals surface area contributed by atoms with E-state index in [-0.39, 0.29) is 11.8 Å². The van der Waals surface area contributed by atoms with Crippen molar-refractivity contribution >= 4 is 11.8 Å². The monoisotopic (exact) mass is 372 g/mol. The summed E-state index contributed by atoms with van der Waals surface area (Å²) in [6.07, 6.45) is 5.28. The average Bonchev–Trinajstić information content (AvgIpc) is 3.11. The summed E-state index contributed by atoms with van der Waals surface area (Å²) < 4.78 is 5.41. The third-order valence-corrected chi connectivity index (χ3v) is 6.43. The Morgan fingerprint density at radius 3 is 2.74 bits per heavy atom. The molecule has 1 spiro atoms. The van der Waals surface area contributed by atoms with Crippen LogP contribution < -0.4 is 10.1 Å². The molecule has 0 bridgehead atoms. The van der Waals surface area contributed by atoms with Gasteiger partial charge < -0.3 is 15.0 Å². The third-order valence-electron chi connectivity index (χ3n) is 6.43. The SMILES string of the molecule is COc1nc2c(cc1C(=O)N1CCC3(CC1)C(=O)NCCCN3C)CCC2. The van der Waals surface area contributed by atoms with Gasteiger partial charge in [-0.2, -0.15) is 0 Å². The molecule has 0 saturated carbocycles. The van der Waals surface area contributed by atoms with Gasteiger partial charge in [-0.15, -0.1) is 0 Å². The zero-order valence-electron chi connectivity index (χ0n) is 16.2. The molecule has 3 heterocycles. The second-order valence-electron chi connectivity index (χ2n) is 7.86. The molecule has 0 aromatic carbocycles. The molecule has 0 atom stereocenters. The van der Waals surface area contributed by atoms with Crippen LogP contribution in [0.4, 0.5) is 0 Å². The van der Waals surface area contributed by atoms with E-state index in [4.69, 9.17) is 4.74 Å². The Hall–Kier alpha value is -2.15. The van der Waals surface area contributed by atoms with Gasteiger partial charge in [0, 0.05) is 31.9 Å². The van der Waals surface area contributed by atoms with Gasteiger partial charge in [0.1, 0.15) is 11.1 Å². The lowest BCUT2D eigenvalue weighted by Crippen LogP contribution is -2.61. The molecule has 7 nitrogen and oxygen atoms in total. The van der Waals surface area contributed by atoms with E-state index in [1.54, 1.807) is 7.11 Å². The summed E-state index contributed by atoms with van der Waals surface area (Å²) in [5, 5.41) is 3.04. The first-order valence-electron chi connectivity index (χ1n) is 9.91. The van der Waals surface area contributed by atoms with Gasteiger partial charge in [0.15, 0.2) is 0 Å². The average molecular weight is 372 g/mol. The highest BCUT2D eigenvalue weighted by Crippen LogP contribution is 2.32. The van der Waals surface area contributed by atoms with Crippen LogP contribution in [0, 0.1) is 0 Å². The molecule has 2 aliphatic heterocycles. The molecule has 7 heteroatoms. The van der Waals surface area contributed by atoms with Crippen molar-refractivity contribution < 1.29 is 14.3 Å². The first-order chi connectivity index (χ1) is 13.0. The van der Waals surface area contributed by atoms with Gasteiger partial charge >= 0.3 is 0 Å². The molecule has 0 radical (unpaired) electrons. The van der Waals surface area contributed by atoms with Gasteiger partial charge in [-0.3, -0.25) is 14.5 Å². The van der Waals surface area contributed by atoms with Crippen LogP contribution in [0.15, 0.2) is 6.07 Å². The van der Waals surface area contributed by atoms with Crippen LogP contribution in [0.1, 0.15) is 47.3 Å². The second kappa shape index (κ2) is 7.11. The number of carbonyl (C=O) groups excluding carboxylic acids is 2. The number of carbonyl (C=O) groups is 2. The lowest BCUT2D eigenvalue weighted by Gasteiger charge is -2.45. The summed E-state index contributed by atoms with van der Waals surface area (Å²) in [5.41, 5.74) is 2.27. The van der Waals surface area contributed by atoms with Gasteiger partial charge in [-0.25, -0.2) is 4.98 Å². The van der Waals surface area contributed by atoms with Crippen molar-refractivity contribution in [2.24, 2.45) is 0 Å². The fourth-order valence-corrected chi connectivity index (χ4v) is 4.69. The highest BCUT2D eigenvalue weighted by molar-refractivity contribution is 5.97. The third kappa shape index (κ3) is 3.08. The molecule has 2 amide bonds. The normalized spacial score (nSPS) is 22.3. The van der Waals surface area contributed by atoms with Crippen LogP contribution in [-0.2, 0) is 17.6 Å². The minimum atomic E-state index is -0.493. The maximum Gasteiger partial charge on any atom is 0.259 e. The number of hydrogen-bond donors (Lipinski definition) is 1. The number of piperidine rings is 1. The summed E-state index contributed by atoms with van der Waals surface area (Å²) in [5.74, 6) is 0.484. The largest absolute Gasteiger partial charge is 0.480 e. The topological polar surface area (TPSA) is 74.8 Å². The van der Waals surface area contributed by atoms with Crippen LogP contribution >= 0.6 is 0 Å². The molecular weight excluding hydrogens is 344 g/mol. The molecular formula is C20H28N4O3. The number of nitrogens with one attached hydrogen (secondary N) is 1. The number of aromatic nitrogens is 1. The van der Waals surface area contributed by atoms with Gasteiger partial charge in [0.05, 0.1) is 7.11 Å². The maximum atomic E-state index is 13.2. The number of fused-ring (bicyclic) bond motifs is 1. The molecule has 3 aliphatic rings. The number of likely N-dealkylation sites (N-methyl/N-ethyl adjacent to an activating group) is 1. The molecule has 27 heavy (non-hydrogen) atoms. The predicted molar refractivity (Wildman–Crippen MR) is 101 cm³/mol. The molecule has 1 aromatic rings. The highest BCUT2D eigenvalue weighted by atomic mass is 16.5. The summed E-state index contributed by atoms with van der Waals surface area (Å²) in [6.45, 7) is 2.76. The van der Waals surface area contributed by atoms with Crippen molar-refractivity contribution in [2.45, 2.75) is 44.1 Å². The van der Waals surface area contributed by atoms with Crippen LogP contribution in [0.25, 0.3) is 0 Å². The molecule has 4 rings (SSSR count). The van der Waals surface area contributed by atoms with E-state index in [0.717, 1.165) is 50.0 Å². The Bertz CT molecular complexity index is 756. The van der Waals surface area contributed by atoms with E-state index >= 15 is 0 Å². The van der Waals surface area contributed by atoms with Crippen molar-refractivity contribution in [1.82, 2.24) is 20.1 Å². The van der Waals surface area contributed by atoms with Crippen LogP contribution in [-0.4, -0.2) is 72.5 Å². The van der Waals surface area contributed by atoms with Gasteiger partial charge in [-0.1, -0.05) is 0 Å². The first-order valence-corrected chi connectivity index (χ1v) is 9.91. The molecule has 1 aromatic heterocycles. The molecule has 0 unspecified atom stereocenters. The number of pyridine rings is 1. The van der Waals surface area contributed by atoms with E-state index < -0.39 is 5.54 Å². The van der Waals surface area contributed by atoms with Gasteiger partial charge in [-0.05, 0) is 57.2 Å². The highest BCUT2D eigenvalue weighted by Gasteiger charge is 2.46. The van der Waals surface area contributed by atoms with Gasteiger partial charge in [0.2, 0.25) is 11.8 Å². The Labute approximate surface area is 160 Å². The Kier molecular flexibility index (Phi) is 4.80. The number of amides is 2. The fourth-order valence-electron chi connectivity index (χ4n) is 4.69. The first kappa shape index (κ1) is 18.2. The number of methoxy groups -OCH3 is 1. The van der Waals surface area contributed by atoms with E-state index in [0.29, 0.717) is 37.4 Å². The molecule has 2 saturated heterocycles. The Morgan fingerprint density at radius 2 is 2.00 bits per heavy atom. The fraction of sp³-hybridized carbons (Fsp3) is 0.650. The number of ether oxygens (including phenoxy) is 1. The quantitative estimate of drug-likeness (QED) is 0.839. The van der Waals surface area contributed by atoms with E-state index in [2.05, 4.69) is 15.2 Å². The van der Waals surface area contributed by atoms with Crippen LogP contribution in [0.3, 0.4) is 0 Å². The number of nitrogens with zero attached hydrogens (tertiary/aromatic N) is 3. The Morgan fingerprint density at radius 1 is 1.22 bits per heavy atom. The molecule has 146 valence electrons. The summed E-state index contributed by atoms with van der Waals surface area (Å²) in [7, 11) is 3.59. The smallest absolute Gasteiger partial charge is 0.259 e. The van der Waals surface area contributed by atoms with Crippen molar-refractivity contribution in [1.29, 1.82) is 0 Å². The second-order valence-corrected chi connectivity index (χ2v) is 7.86. The minimum Gasteiger partial charge on any atom is -0.480 e. The minimum absolute atomic E-state index is 0.0411. The van der Waals surface area contributed by atoms with Gasteiger partial charge in [0.25, 0.3) is 5.91 Å². The predicted octanol–water partition coefficient (Wildman–Crippen LogP) is 1.01. The van der Waals surface area contributed by atoms with E-state index in [1.807, 2.05) is 18.0 Å². The zero-order valence-corrected chi connectivity index (χ0v) is 16.2. The zero-order chi connectivity index (χ0) is 19.0. The van der Waals surface area contributed by atoms with Crippen molar-refractivity contribution in [3.05, 3.63) is 22.9 Å². The standard InChI is InChI=1S/C20H28N4O3/c1-23-10-4-9-21-19(26)20(23)7-11-24(12-8-20)18(25)15-13-14-5-3-6-16(14)22-17(15)27-2/h13H,3-12H2,1-2H3,(H,21,26). The van der Waals surface area contributed by atoms with E-state index in [1.165, 1.54) is 0 Å². The number of likely N-dealkylation sites (tertiary alicyclic amines) is 1. The Balaban J connectivity index is 1.53. The number of rotatable bonds is 2. The van der Waals surface area contributed by atoms with Crippen molar-refractivity contribution in [2.75, 3.05) is 40.3 Å². The van der Waals surface area contributed by atoms with E-state index in [9.17, 15) is 9.59 Å². The van der Waals surface area contributed by atoms with Crippen molar-refractivity contribution in [3.63, 3.8) is 0 Å². The molecule has 1 N–H and O–H groups in total. The van der Waals surface area contributed by atoms with Crippen LogP contribution in [0.5, 0.6) is 5.88 Å². The summed E-state index contributed by atoms with van der Waals surface area (Å²) in [4.78, 5) is 34.4. The molecule has 1 aliphatic carbocycles. The summed E-state index contributed by atoms with van der Waals surface area (Å²) >= 11 is 0. The number of hydrogen-bond acceptors (Lipinski definition) is 5. The molecule has 2 fully saturated rings. The maximum absolute atomic E-state index is 13.2. The van der Waals surface area contributed by atoms with Crippen LogP contribution in [0.2, 0.25) is 0 Å².